The quantitative estimate of drug-likeness (QED) is 0.722. The van der Waals surface area contributed by atoms with Crippen LogP contribution in [0.25, 0.3) is 0 Å². The highest BCUT2D eigenvalue weighted by atomic mass is 35.5. The summed E-state index contributed by atoms with van der Waals surface area (Å²) in [6.45, 7) is 2.79. The first-order chi connectivity index (χ1) is 6.70. The summed E-state index contributed by atoms with van der Waals surface area (Å²) in [5.74, 6) is 0.168. The van der Waals surface area contributed by atoms with E-state index in [9.17, 15) is 4.79 Å². The lowest BCUT2D eigenvalue weighted by atomic mass is 10.2. The molecule has 0 aromatic heterocycles. The van der Waals surface area contributed by atoms with Crippen LogP contribution in [-0.2, 0) is 4.79 Å². The highest BCUT2D eigenvalue weighted by Crippen LogP contribution is 2.04. The summed E-state index contributed by atoms with van der Waals surface area (Å²) in [7, 11) is 4.08. The van der Waals surface area contributed by atoms with Gasteiger partial charge >= 0.3 is 0 Å². The molecule has 0 aromatic carbocycles. The zero-order valence-electron chi connectivity index (χ0n) is 9.99. The number of amides is 1. The lowest BCUT2D eigenvalue weighted by Crippen LogP contribution is -2.41. The Hall–Kier alpha value is -0.0300. The van der Waals surface area contributed by atoms with E-state index in [1.54, 1.807) is 0 Å². The molecule has 0 saturated carbocycles. The van der Waals surface area contributed by atoms with E-state index in [1.807, 2.05) is 14.1 Å². The van der Waals surface area contributed by atoms with E-state index in [4.69, 9.17) is 0 Å². The predicted molar refractivity (Wildman–Crippen MR) is 71.7 cm³/mol. The maximum absolute atomic E-state index is 11.5. The minimum Gasteiger partial charge on any atom is -0.355 e. The minimum atomic E-state index is 0. The molecule has 1 saturated heterocycles. The highest BCUT2D eigenvalue weighted by molar-refractivity contribution is 5.85. The van der Waals surface area contributed by atoms with E-state index in [2.05, 4.69) is 15.5 Å². The number of rotatable bonds is 5. The van der Waals surface area contributed by atoms with Gasteiger partial charge in [0.15, 0.2) is 0 Å². The molecule has 1 amide bonds. The van der Waals surface area contributed by atoms with Crippen molar-refractivity contribution in [1.82, 2.24) is 15.5 Å². The molecule has 1 fully saturated rings. The Morgan fingerprint density at radius 2 is 2.12 bits per heavy atom. The Balaban J connectivity index is 0. The molecule has 6 heteroatoms. The molecule has 1 unspecified atom stereocenters. The Bertz CT molecular complexity index is 185. The zero-order chi connectivity index (χ0) is 10.4. The monoisotopic (exact) mass is 271 g/mol. The smallest absolute Gasteiger partial charge is 0.237 e. The highest BCUT2D eigenvalue weighted by Gasteiger charge is 2.20. The fourth-order valence-corrected chi connectivity index (χ4v) is 1.64. The average Bonchev–Trinajstić information content (AvgIpc) is 2.64. The Morgan fingerprint density at radius 3 is 2.62 bits per heavy atom. The van der Waals surface area contributed by atoms with Gasteiger partial charge in [-0.15, -0.1) is 24.8 Å². The lowest BCUT2D eigenvalue weighted by molar-refractivity contribution is -0.122. The van der Waals surface area contributed by atoms with E-state index in [-0.39, 0.29) is 36.8 Å². The number of carbonyl (C=O) groups excluding carboxylic acids is 1. The number of halogens is 2. The van der Waals surface area contributed by atoms with Crippen molar-refractivity contribution < 1.29 is 4.79 Å². The molecular formula is C10H23Cl2N3O. The second-order valence-corrected chi connectivity index (χ2v) is 4.10. The van der Waals surface area contributed by atoms with Crippen LogP contribution < -0.4 is 10.6 Å². The number of nitrogens with one attached hydrogen (secondary N) is 2. The molecule has 1 aliphatic heterocycles. The Morgan fingerprint density at radius 1 is 1.44 bits per heavy atom. The van der Waals surface area contributed by atoms with Crippen LogP contribution in [0, 0.1) is 0 Å². The van der Waals surface area contributed by atoms with Gasteiger partial charge in [0.2, 0.25) is 5.91 Å². The lowest BCUT2D eigenvalue weighted by Gasteiger charge is -2.12. The Kier molecular flexibility index (Phi) is 11.6. The fraction of sp³-hybridized carbons (Fsp3) is 0.900. The molecule has 0 radical (unpaired) electrons. The summed E-state index contributed by atoms with van der Waals surface area (Å²) in [5.41, 5.74) is 0. The molecular weight excluding hydrogens is 249 g/mol. The summed E-state index contributed by atoms with van der Waals surface area (Å²) in [4.78, 5) is 13.6. The molecule has 98 valence electrons. The van der Waals surface area contributed by atoms with E-state index in [1.165, 1.54) is 0 Å². The van der Waals surface area contributed by atoms with E-state index in [0.29, 0.717) is 0 Å². The number of carbonyl (C=O) groups is 1. The second kappa shape index (κ2) is 10.1. The van der Waals surface area contributed by atoms with Crippen molar-refractivity contribution in [3.63, 3.8) is 0 Å². The second-order valence-electron chi connectivity index (χ2n) is 4.10. The van der Waals surface area contributed by atoms with Crippen LogP contribution in [0.2, 0.25) is 0 Å². The van der Waals surface area contributed by atoms with Crippen LogP contribution in [-0.4, -0.2) is 50.6 Å². The summed E-state index contributed by atoms with van der Waals surface area (Å²) in [6.07, 6.45) is 3.13. The molecule has 1 heterocycles. The molecule has 1 aliphatic rings. The third-order valence-electron chi connectivity index (χ3n) is 2.46. The van der Waals surface area contributed by atoms with Crippen molar-refractivity contribution in [2.75, 3.05) is 33.7 Å². The van der Waals surface area contributed by atoms with Crippen LogP contribution in [0.3, 0.4) is 0 Å². The molecule has 1 rings (SSSR count). The van der Waals surface area contributed by atoms with Crippen LogP contribution in [0.5, 0.6) is 0 Å². The normalized spacial score (nSPS) is 18.8. The molecule has 4 nitrogen and oxygen atoms in total. The predicted octanol–water partition coefficient (Wildman–Crippen LogP) is 0.650. The van der Waals surface area contributed by atoms with E-state index in [0.717, 1.165) is 38.9 Å². The van der Waals surface area contributed by atoms with Crippen molar-refractivity contribution >= 4 is 30.7 Å². The molecule has 0 aliphatic carbocycles. The maximum Gasteiger partial charge on any atom is 0.237 e. The van der Waals surface area contributed by atoms with E-state index < -0.39 is 0 Å². The van der Waals surface area contributed by atoms with Gasteiger partial charge in [-0.3, -0.25) is 4.79 Å². The maximum atomic E-state index is 11.5. The van der Waals surface area contributed by atoms with Crippen molar-refractivity contribution in [3.8, 4) is 0 Å². The first kappa shape index (κ1) is 18.3. The number of hydrogen-bond acceptors (Lipinski definition) is 3. The minimum absolute atomic E-state index is 0. The number of hydrogen-bond donors (Lipinski definition) is 2. The standard InChI is InChI=1S/C10H21N3O.2ClH/c1-13(2)8-4-7-12-10(14)9-5-3-6-11-9;;/h9,11H,3-8H2,1-2H3,(H,12,14);2*1H. The van der Waals surface area contributed by atoms with Crippen molar-refractivity contribution in [2.45, 2.75) is 25.3 Å². The van der Waals surface area contributed by atoms with Crippen LogP contribution >= 0.6 is 24.8 Å². The third kappa shape index (κ3) is 7.28. The van der Waals surface area contributed by atoms with Crippen LogP contribution in [0.1, 0.15) is 19.3 Å². The van der Waals surface area contributed by atoms with Gasteiger partial charge in [0, 0.05) is 6.54 Å². The van der Waals surface area contributed by atoms with Gasteiger partial charge in [-0.05, 0) is 46.4 Å². The Labute approximate surface area is 110 Å². The molecule has 16 heavy (non-hydrogen) atoms. The van der Waals surface area contributed by atoms with Crippen LogP contribution in [0.4, 0.5) is 0 Å². The van der Waals surface area contributed by atoms with Crippen molar-refractivity contribution in [1.29, 1.82) is 0 Å². The molecule has 1 atom stereocenters. The summed E-state index contributed by atoms with van der Waals surface area (Å²) in [5, 5.41) is 6.14. The fourth-order valence-electron chi connectivity index (χ4n) is 1.64. The molecule has 0 aromatic rings. The molecule has 0 bridgehead atoms. The largest absolute Gasteiger partial charge is 0.355 e. The average molecular weight is 272 g/mol. The van der Waals surface area contributed by atoms with Crippen molar-refractivity contribution in [2.24, 2.45) is 0 Å². The summed E-state index contributed by atoms with van der Waals surface area (Å²) >= 11 is 0. The van der Waals surface area contributed by atoms with Crippen LogP contribution in [0.15, 0.2) is 0 Å². The summed E-state index contributed by atoms with van der Waals surface area (Å²) in [6, 6.07) is 0.0642. The zero-order valence-corrected chi connectivity index (χ0v) is 11.6. The van der Waals surface area contributed by atoms with Gasteiger partial charge in [0.25, 0.3) is 0 Å². The van der Waals surface area contributed by atoms with Gasteiger partial charge in [0.05, 0.1) is 6.04 Å². The first-order valence-corrected chi connectivity index (χ1v) is 5.36. The van der Waals surface area contributed by atoms with Gasteiger partial charge < -0.3 is 15.5 Å². The molecule has 0 spiro atoms. The molecule has 2 N–H and O–H groups in total. The van der Waals surface area contributed by atoms with Gasteiger partial charge in [-0.25, -0.2) is 0 Å². The first-order valence-electron chi connectivity index (χ1n) is 5.36. The van der Waals surface area contributed by atoms with Crippen molar-refractivity contribution in [3.05, 3.63) is 0 Å². The SMILES string of the molecule is CN(C)CCCNC(=O)C1CCCN1.Cl.Cl. The van der Waals surface area contributed by atoms with Gasteiger partial charge in [-0.1, -0.05) is 0 Å². The summed E-state index contributed by atoms with van der Waals surface area (Å²) < 4.78 is 0. The number of nitrogens with zero attached hydrogens (tertiary/aromatic N) is 1. The topological polar surface area (TPSA) is 44.4 Å². The third-order valence-corrected chi connectivity index (χ3v) is 2.46. The van der Waals surface area contributed by atoms with Gasteiger partial charge in [0.1, 0.15) is 0 Å². The van der Waals surface area contributed by atoms with E-state index >= 15 is 0 Å². The van der Waals surface area contributed by atoms with Gasteiger partial charge in [-0.2, -0.15) is 0 Å².